The molecule has 2 heterocycles. The highest BCUT2D eigenvalue weighted by atomic mass is 32.2. The van der Waals surface area contributed by atoms with Gasteiger partial charge in [-0.1, -0.05) is 90.6 Å². The molecule has 2 amide bonds. The number of hydrogen-bond donors (Lipinski definition) is 3. The highest BCUT2D eigenvalue weighted by Crippen LogP contribution is 2.47. The van der Waals surface area contributed by atoms with Gasteiger partial charge in [0, 0.05) is 48.9 Å². The van der Waals surface area contributed by atoms with Crippen LogP contribution in [0.1, 0.15) is 56.6 Å². The first kappa shape index (κ1) is 41.2. The number of phenolic OH excluding ortho intramolecular Hbond substituents is 1. The number of piperazine rings is 1. The number of aromatic hydroxyl groups is 1. The van der Waals surface area contributed by atoms with Crippen molar-refractivity contribution in [3.63, 3.8) is 0 Å². The molecule has 14 heteroatoms. The van der Waals surface area contributed by atoms with Crippen LogP contribution in [-0.2, 0) is 11.2 Å². The number of para-hydroxylation sites is 2. The summed E-state index contributed by atoms with van der Waals surface area (Å²) in [6.07, 6.45) is -1.48. The van der Waals surface area contributed by atoms with Crippen LogP contribution in [0.25, 0.3) is 17.0 Å². The van der Waals surface area contributed by atoms with E-state index >= 15 is 0 Å². The van der Waals surface area contributed by atoms with Crippen LogP contribution in [-0.4, -0.2) is 76.6 Å². The predicted molar refractivity (Wildman–Crippen MR) is 231 cm³/mol. The van der Waals surface area contributed by atoms with E-state index in [0.29, 0.717) is 59.6 Å². The van der Waals surface area contributed by atoms with E-state index in [4.69, 9.17) is 5.73 Å². The van der Waals surface area contributed by atoms with Crippen LogP contribution in [0.15, 0.2) is 132 Å². The second-order valence-electron chi connectivity index (χ2n) is 15.0. The maximum atomic E-state index is 13.5. The first-order valence-corrected chi connectivity index (χ1v) is 21.0. The number of nitrogens with one attached hydrogen (secondary N) is 1. The summed E-state index contributed by atoms with van der Waals surface area (Å²) >= 11 is 1.22. The first-order valence-electron chi connectivity index (χ1n) is 20.0. The quantitative estimate of drug-likeness (QED) is 0.0871. The minimum atomic E-state index is -4.96. The number of amides is 2. The van der Waals surface area contributed by atoms with Gasteiger partial charge in [-0.15, -0.1) is 13.2 Å². The molecule has 0 saturated carbocycles. The summed E-state index contributed by atoms with van der Waals surface area (Å²) in [5.41, 5.74) is 13.4. The summed E-state index contributed by atoms with van der Waals surface area (Å²) in [4.78, 5) is 39.8. The number of thioether (sulfide) groups is 1. The topological polar surface area (TPSA) is 134 Å². The van der Waals surface area contributed by atoms with E-state index in [-0.39, 0.29) is 35.4 Å². The van der Waals surface area contributed by atoms with Crippen LogP contribution in [0.3, 0.4) is 0 Å². The fourth-order valence-electron chi connectivity index (χ4n) is 8.23. The number of halogens is 3. The van der Waals surface area contributed by atoms with Gasteiger partial charge in [0.05, 0.1) is 29.1 Å². The molecule has 6 aromatic rings. The number of hydrogen-bond acceptors (Lipinski definition) is 9. The molecule has 1 fully saturated rings. The Balaban J connectivity index is 0.886. The molecule has 10 nitrogen and oxygen atoms in total. The van der Waals surface area contributed by atoms with E-state index in [1.807, 2.05) is 41.3 Å². The Labute approximate surface area is 355 Å². The number of nitrogens with zero attached hydrogens (tertiary/aromatic N) is 4. The van der Waals surface area contributed by atoms with Crippen LogP contribution in [0.4, 0.5) is 18.9 Å². The molecule has 1 aliphatic heterocycles. The molecule has 2 unspecified atom stereocenters. The van der Waals surface area contributed by atoms with Crippen molar-refractivity contribution >= 4 is 46.2 Å². The summed E-state index contributed by atoms with van der Waals surface area (Å²) < 4.78 is 42.7. The minimum absolute atomic E-state index is 0.0280. The van der Waals surface area contributed by atoms with Crippen molar-refractivity contribution in [2.75, 3.05) is 43.4 Å². The molecule has 1 aromatic heterocycles. The number of rotatable bonds is 11. The Morgan fingerprint density at radius 3 is 2.36 bits per heavy atom. The summed E-state index contributed by atoms with van der Waals surface area (Å²) in [5.74, 6) is -0.531. The third-order valence-electron chi connectivity index (χ3n) is 11.1. The molecule has 8 rings (SSSR count). The third-order valence-corrected chi connectivity index (χ3v) is 12.0. The molecule has 2 atom stereocenters. The van der Waals surface area contributed by atoms with E-state index < -0.39 is 18.0 Å². The zero-order valence-electron chi connectivity index (χ0n) is 33.0. The number of carbonyl (C=O) groups excluding carboxylic acids is 2. The second-order valence-corrected chi connectivity index (χ2v) is 16.0. The fraction of sp³-hybridized carbons (Fsp3) is 0.234. The van der Waals surface area contributed by atoms with Gasteiger partial charge in [0.15, 0.2) is 5.16 Å². The Bertz CT molecular complexity index is 2570. The van der Waals surface area contributed by atoms with Crippen LogP contribution >= 0.6 is 11.8 Å². The molecule has 1 aliphatic carbocycles. The zero-order valence-corrected chi connectivity index (χ0v) is 33.8. The molecule has 4 N–H and O–H groups in total. The largest absolute Gasteiger partial charge is 0.573 e. The van der Waals surface area contributed by atoms with Crippen molar-refractivity contribution in [2.24, 2.45) is 5.73 Å². The van der Waals surface area contributed by atoms with Crippen molar-refractivity contribution in [1.29, 1.82) is 0 Å². The third kappa shape index (κ3) is 9.76. The normalized spacial score (nSPS) is 16.9. The molecule has 61 heavy (non-hydrogen) atoms. The lowest BCUT2D eigenvalue weighted by molar-refractivity contribution is -0.274. The summed E-state index contributed by atoms with van der Waals surface area (Å²) in [7, 11) is 0. The van der Waals surface area contributed by atoms with E-state index in [1.54, 1.807) is 12.1 Å². The van der Waals surface area contributed by atoms with E-state index in [0.717, 1.165) is 24.6 Å². The second kappa shape index (κ2) is 18.0. The van der Waals surface area contributed by atoms with E-state index in [1.165, 1.54) is 52.2 Å². The van der Waals surface area contributed by atoms with Crippen molar-refractivity contribution in [1.82, 2.24) is 20.2 Å². The maximum Gasteiger partial charge on any atom is 0.573 e. The van der Waals surface area contributed by atoms with Gasteiger partial charge < -0.3 is 30.7 Å². The lowest BCUT2D eigenvalue weighted by atomic mass is 9.69. The van der Waals surface area contributed by atoms with Gasteiger partial charge in [0.2, 0.25) is 5.91 Å². The zero-order chi connectivity index (χ0) is 42.5. The SMILES string of the molecule is N/C(=C\c1nc(SCC(=O)N2CCN(c3ccc(C4c5ccc(O)cc5CCC4c4ccccc4)cc3)CC2)nc2ccccc12)CNC(=O)c1ccccc1OC(F)(F)F. The summed E-state index contributed by atoms with van der Waals surface area (Å²) in [5, 5.41) is 13.8. The van der Waals surface area contributed by atoms with Crippen LogP contribution in [0, 0.1) is 0 Å². The monoisotopic (exact) mass is 844 g/mol. The molecule has 312 valence electrons. The summed E-state index contributed by atoms with van der Waals surface area (Å²) in [6.45, 7) is 2.33. The van der Waals surface area contributed by atoms with Crippen LogP contribution < -0.4 is 20.7 Å². The van der Waals surface area contributed by atoms with Crippen molar-refractivity contribution in [2.45, 2.75) is 36.2 Å². The van der Waals surface area contributed by atoms with Gasteiger partial charge in [0.1, 0.15) is 11.5 Å². The average Bonchev–Trinajstić information content (AvgIpc) is 3.27. The number of phenols is 1. The molecular formula is C47H43F3N6O4S. The van der Waals surface area contributed by atoms with E-state index in [2.05, 4.69) is 79.5 Å². The Hall–Kier alpha value is -6.54. The number of nitrogens with two attached hydrogens (primary N) is 1. The lowest BCUT2D eigenvalue weighted by Gasteiger charge is -2.37. The molecule has 0 spiro atoms. The molecular weight excluding hydrogens is 802 g/mol. The van der Waals surface area contributed by atoms with Gasteiger partial charge in [-0.05, 0) is 89.6 Å². The van der Waals surface area contributed by atoms with Gasteiger partial charge in [-0.3, -0.25) is 9.59 Å². The van der Waals surface area contributed by atoms with Crippen molar-refractivity contribution in [3.8, 4) is 11.5 Å². The van der Waals surface area contributed by atoms with Crippen molar-refractivity contribution in [3.05, 3.63) is 161 Å². The number of benzene rings is 5. The van der Waals surface area contributed by atoms with Gasteiger partial charge in [0.25, 0.3) is 5.91 Å². The molecule has 5 aromatic carbocycles. The first-order chi connectivity index (χ1) is 29.5. The van der Waals surface area contributed by atoms with Crippen molar-refractivity contribution < 1.29 is 32.6 Å². The van der Waals surface area contributed by atoms with E-state index in [9.17, 15) is 27.9 Å². The molecule has 0 bridgehead atoms. The number of alkyl halides is 3. The Morgan fingerprint density at radius 2 is 1.59 bits per heavy atom. The minimum Gasteiger partial charge on any atom is -0.508 e. The van der Waals surface area contributed by atoms with Crippen LogP contribution in [0.2, 0.25) is 0 Å². The summed E-state index contributed by atoms with van der Waals surface area (Å²) in [6, 6.07) is 37.6. The lowest BCUT2D eigenvalue weighted by Crippen LogP contribution is -2.49. The van der Waals surface area contributed by atoms with Crippen LogP contribution in [0.5, 0.6) is 11.5 Å². The number of ether oxygens (including phenoxy) is 1. The number of aromatic nitrogens is 2. The number of carbonyl (C=O) groups is 2. The average molecular weight is 845 g/mol. The maximum absolute atomic E-state index is 13.5. The molecule has 2 aliphatic rings. The molecule has 0 radical (unpaired) electrons. The number of anilines is 1. The smallest absolute Gasteiger partial charge is 0.508 e. The van der Waals surface area contributed by atoms with Gasteiger partial charge >= 0.3 is 6.36 Å². The highest BCUT2D eigenvalue weighted by molar-refractivity contribution is 7.99. The Kier molecular flexibility index (Phi) is 12.1. The number of aryl methyl sites for hydroxylation is 1. The predicted octanol–water partition coefficient (Wildman–Crippen LogP) is 8.27. The molecule has 1 saturated heterocycles. The fourth-order valence-corrected chi connectivity index (χ4v) is 8.99. The highest BCUT2D eigenvalue weighted by Gasteiger charge is 2.34. The standard InChI is InChI=1S/C47H43F3N6O4S/c48-47(49,50)60-42-13-7-5-11-39(42)45(59)52-28-33(51)27-41-38-10-4-6-12-40(38)53-46(54-41)61-29-43(58)56-24-22-55(23-25-56)34-17-14-31(15-18-34)44-36(30-8-2-1-3-9-30)20-16-32-26-35(57)19-21-37(32)44/h1-15,17-19,21,26-27,36,44,57H,16,20,22-25,28-29,51H2,(H,52,59)/b33-27-. The Morgan fingerprint density at radius 1 is 0.869 bits per heavy atom. The van der Waals surface area contributed by atoms with Gasteiger partial charge in [-0.2, -0.15) is 0 Å². The van der Waals surface area contributed by atoms with Gasteiger partial charge in [-0.25, -0.2) is 9.97 Å². The number of fused-ring (bicyclic) bond motifs is 2.